The summed E-state index contributed by atoms with van der Waals surface area (Å²) in [6.07, 6.45) is 2.35. The van der Waals surface area contributed by atoms with E-state index in [-0.39, 0.29) is 55.0 Å². The Bertz CT molecular complexity index is 1430. The fourth-order valence-electron chi connectivity index (χ4n) is 6.31. The lowest BCUT2D eigenvalue weighted by Crippen LogP contribution is -2.54. The van der Waals surface area contributed by atoms with Gasteiger partial charge in [-0.25, -0.2) is 0 Å². The molecule has 3 aromatic rings. The standard InChI is InChI=1S/C33H38N4O5S/c1-36-28-11-10-25(17-31(38)35-24-13-14-37(20-24)19-22-6-3-2-4-7-22)42-30(28)21-41-29-12-9-23(16-27(29)33(36)40)34-32(39)18-26-8-5-15-43-26/h2-9,12,15-16,24-25,28,30H,10-11,13-14,17-21H2,1H3,(H,34,39)(H,35,38)/t24-,25-,28-,30+/m0/s1. The SMILES string of the molecule is CN1C(=O)c2cc(NC(=O)Cc3cccs3)ccc2OC[C@H]2O[C@H](CC(=O)N[C@H]3CCN(Cc4ccccc4)C3)CC[C@@H]21. The number of likely N-dealkylation sites (N-methyl/N-ethyl adjacent to an activating group) is 1. The van der Waals surface area contributed by atoms with Gasteiger partial charge in [0.1, 0.15) is 18.5 Å². The molecule has 2 fully saturated rings. The van der Waals surface area contributed by atoms with Gasteiger partial charge < -0.3 is 25.0 Å². The Morgan fingerprint density at radius 2 is 1.88 bits per heavy atom. The zero-order valence-electron chi connectivity index (χ0n) is 24.4. The lowest BCUT2D eigenvalue weighted by molar-refractivity contribution is -0.134. The summed E-state index contributed by atoms with van der Waals surface area (Å²) in [6, 6.07) is 19.4. The first-order valence-corrected chi connectivity index (χ1v) is 15.9. The average Bonchev–Trinajstić information content (AvgIpc) is 3.67. The molecule has 3 aliphatic heterocycles. The van der Waals surface area contributed by atoms with Crippen LogP contribution in [0.1, 0.15) is 46.5 Å². The van der Waals surface area contributed by atoms with E-state index in [1.165, 1.54) is 16.9 Å². The topological polar surface area (TPSA) is 100 Å². The van der Waals surface area contributed by atoms with E-state index in [1.807, 2.05) is 23.6 Å². The maximum atomic E-state index is 13.5. The minimum atomic E-state index is -0.341. The normalized spacial score (nSPS) is 23.8. The zero-order valence-corrected chi connectivity index (χ0v) is 25.2. The van der Waals surface area contributed by atoms with Gasteiger partial charge in [-0.2, -0.15) is 0 Å². The molecule has 9 nitrogen and oxygen atoms in total. The molecule has 4 atom stereocenters. The van der Waals surface area contributed by atoms with Gasteiger partial charge in [0.2, 0.25) is 11.8 Å². The predicted molar refractivity (Wildman–Crippen MR) is 165 cm³/mol. The van der Waals surface area contributed by atoms with Crippen molar-refractivity contribution in [3.05, 3.63) is 82.0 Å². The van der Waals surface area contributed by atoms with Gasteiger partial charge in [0.05, 0.1) is 30.6 Å². The summed E-state index contributed by atoms with van der Waals surface area (Å²) in [6.45, 7) is 2.97. The van der Waals surface area contributed by atoms with Crippen LogP contribution < -0.4 is 15.4 Å². The number of ether oxygens (including phenoxy) is 2. The molecule has 2 N–H and O–H groups in total. The van der Waals surface area contributed by atoms with Crippen LogP contribution >= 0.6 is 11.3 Å². The summed E-state index contributed by atoms with van der Waals surface area (Å²) in [5.41, 5.74) is 2.25. The Hall–Kier alpha value is -3.73. The predicted octanol–water partition coefficient (Wildman–Crippen LogP) is 4.09. The van der Waals surface area contributed by atoms with Crippen molar-refractivity contribution in [2.75, 3.05) is 32.1 Å². The Balaban J connectivity index is 1.02. The van der Waals surface area contributed by atoms with E-state index < -0.39 is 0 Å². The third-order valence-corrected chi connectivity index (χ3v) is 9.39. The average molecular weight is 603 g/mol. The van der Waals surface area contributed by atoms with Crippen LogP contribution in [0, 0.1) is 0 Å². The maximum absolute atomic E-state index is 13.5. The minimum absolute atomic E-state index is 0.00482. The van der Waals surface area contributed by atoms with Crippen LogP contribution in [0.25, 0.3) is 0 Å². The van der Waals surface area contributed by atoms with Gasteiger partial charge in [-0.05, 0) is 54.5 Å². The van der Waals surface area contributed by atoms with Crippen molar-refractivity contribution >= 4 is 34.7 Å². The monoisotopic (exact) mass is 602 g/mol. The largest absolute Gasteiger partial charge is 0.490 e. The summed E-state index contributed by atoms with van der Waals surface area (Å²) in [5.74, 6) is 0.143. The first-order chi connectivity index (χ1) is 20.9. The van der Waals surface area contributed by atoms with Gasteiger partial charge in [0.15, 0.2) is 0 Å². The van der Waals surface area contributed by atoms with Crippen molar-refractivity contribution in [1.29, 1.82) is 0 Å². The Kier molecular flexibility index (Phi) is 9.06. The molecule has 3 amide bonds. The molecular formula is C33H38N4O5S. The van der Waals surface area contributed by atoms with Crippen molar-refractivity contribution in [2.45, 2.75) is 62.9 Å². The molecular weight excluding hydrogens is 564 g/mol. The van der Waals surface area contributed by atoms with Crippen molar-refractivity contribution < 1.29 is 23.9 Å². The van der Waals surface area contributed by atoms with Crippen molar-refractivity contribution in [3.63, 3.8) is 0 Å². The van der Waals surface area contributed by atoms with Gasteiger partial charge in [-0.15, -0.1) is 11.3 Å². The summed E-state index contributed by atoms with van der Waals surface area (Å²) in [5, 5.41) is 8.05. The van der Waals surface area contributed by atoms with Crippen molar-refractivity contribution in [1.82, 2.24) is 15.1 Å². The third-order valence-electron chi connectivity index (χ3n) is 8.51. The molecule has 226 valence electrons. The smallest absolute Gasteiger partial charge is 0.257 e. The van der Waals surface area contributed by atoms with Crippen molar-refractivity contribution in [3.8, 4) is 5.75 Å². The first-order valence-electron chi connectivity index (χ1n) is 15.0. The van der Waals surface area contributed by atoms with Gasteiger partial charge in [0.25, 0.3) is 5.91 Å². The third kappa shape index (κ3) is 7.26. The molecule has 0 bridgehead atoms. The van der Waals surface area contributed by atoms with Crippen LogP contribution in [0.4, 0.5) is 5.69 Å². The van der Waals surface area contributed by atoms with Crippen LogP contribution in [0.15, 0.2) is 66.0 Å². The summed E-state index contributed by atoms with van der Waals surface area (Å²) >= 11 is 1.53. The molecule has 3 aliphatic rings. The number of hydrogen-bond acceptors (Lipinski definition) is 7. The number of hydrogen-bond donors (Lipinski definition) is 2. The lowest BCUT2D eigenvalue weighted by atomic mass is 9.94. The molecule has 2 aromatic carbocycles. The molecule has 2 saturated heterocycles. The van der Waals surface area contributed by atoms with E-state index in [9.17, 15) is 14.4 Å². The van der Waals surface area contributed by atoms with Gasteiger partial charge in [-0.1, -0.05) is 36.4 Å². The molecule has 0 unspecified atom stereocenters. The molecule has 0 aliphatic carbocycles. The number of likely N-dealkylation sites (tertiary alicyclic amines) is 1. The van der Waals surface area contributed by atoms with E-state index in [0.717, 1.165) is 37.4 Å². The van der Waals surface area contributed by atoms with Crippen LogP contribution in [-0.2, 0) is 27.3 Å². The molecule has 0 spiro atoms. The number of nitrogens with one attached hydrogen (secondary N) is 2. The molecule has 0 saturated carbocycles. The number of carbonyl (C=O) groups excluding carboxylic acids is 3. The van der Waals surface area contributed by atoms with Crippen LogP contribution in [0.2, 0.25) is 0 Å². The first kappa shape index (κ1) is 29.3. The van der Waals surface area contributed by atoms with Crippen molar-refractivity contribution in [2.24, 2.45) is 0 Å². The number of thiophene rings is 1. The quantitative estimate of drug-likeness (QED) is 0.403. The van der Waals surface area contributed by atoms with Crippen LogP contribution in [0.3, 0.4) is 0 Å². The van der Waals surface area contributed by atoms with Crippen LogP contribution in [0.5, 0.6) is 5.75 Å². The highest BCUT2D eigenvalue weighted by atomic mass is 32.1. The highest BCUT2D eigenvalue weighted by molar-refractivity contribution is 7.10. The Labute approximate surface area is 256 Å². The molecule has 10 heteroatoms. The molecule has 1 aromatic heterocycles. The second-order valence-corrected chi connectivity index (χ2v) is 12.7. The van der Waals surface area contributed by atoms with Crippen LogP contribution in [-0.4, -0.2) is 78.6 Å². The van der Waals surface area contributed by atoms with E-state index in [4.69, 9.17) is 9.47 Å². The number of fused-ring (bicyclic) bond motifs is 2. The number of nitrogens with zero attached hydrogens (tertiary/aromatic N) is 2. The molecule has 0 radical (unpaired) electrons. The molecule has 43 heavy (non-hydrogen) atoms. The van der Waals surface area contributed by atoms with E-state index in [0.29, 0.717) is 29.8 Å². The second kappa shape index (κ2) is 13.3. The minimum Gasteiger partial charge on any atom is -0.490 e. The Morgan fingerprint density at radius 1 is 1.02 bits per heavy atom. The lowest BCUT2D eigenvalue weighted by Gasteiger charge is -2.42. The van der Waals surface area contributed by atoms with Gasteiger partial charge >= 0.3 is 0 Å². The maximum Gasteiger partial charge on any atom is 0.257 e. The molecule has 4 heterocycles. The highest BCUT2D eigenvalue weighted by Crippen LogP contribution is 2.32. The number of anilines is 1. The highest BCUT2D eigenvalue weighted by Gasteiger charge is 2.39. The zero-order chi connectivity index (χ0) is 29.8. The van der Waals surface area contributed by atoms with Gasteiger partial charge in [0, 0.05) is 43.3 Å². The summed E-state index contributed by atoms with van der Waals surface area (Å²) < 4.78 is 12.5. The summed E-state index contributed by atoms with van der Waals surface area (Å²) in [4.78, 5) is 44.1. The fraction of sp³-hybridized carbons (Fsp3) is 0.424. The summed E-state index contributed by atoms with van der Waals surface area (Å²) in [7, 11) is 1.79. The molecule has 6 rings (SSSR count). The number of benzene rings is 2. The van der Waals surface area contributed by atoms with Gasteiger partial charge in [-0.3, -0.25) is 19.3 Å². The van der Waals surface area contributed by atoms with E-state index in [2.05, 4.69) is 39.8 Å². The fourth-order valence-corrected chi connectivity index (χ4v) is 7.01. The van der Waals surface area contributed by atoms with E-state index in [1.54, 1.807) is 30.1 Å². The second-order valence-electron chi connectivity index (χ2n) is 11.7. The number of carbonyl (C=O) groups is 3. The number of rotatable bonds is 8. The Morgan fingerprint density at radius 3 is 2.70 bits per heavy atom. The number of amides is 3. The van der Waals surface area contributed by atoms with E-state index >= 15 is 0 Å².